The van der Waals surface area contributed by atoms with Crippen molar-refractivity contribution in [3.05, 3.63) is 188 Å². The van der Waals surface area contributed by atoms with Gasteiger partial charge in [0.15, 0.2) is 5.82 Å². The molecular weight excluding hydrogens is 619 g/mol. The first-order valence-electron chi connectivity index (χ1n) is 17.3. The lowest BCUT2D eigenvalue weighted by Crippen LogP contribution is -1.95. The third kappa shape index (κ3) is 4.98. The van der Waals surface area contributed by atoms with Crippen molar-refractivity contribution < 1.29 is 0 Å². The average Bonchev–Trinajstić information content (AvgIpc) is 3.55. The summed E-state index contributed by atoms with van der Waals surface area (Å²) in [5.74, 6) is 0.725. The minimum atomic E-state index is 0.725. The highest BCUT2D eigenvalue weighted by molar-refractivity contribution is 6.09. The molecular formula is C48H31N3. The van der Waals surface area contributed by atoms with E-state index in [1.807, 2.05) is 6.07 Å². The van der Waals surface area contributed by atoms with Gasteiger partial charge in [0.2, 0.25) is 0 Å². The van der Waals surface area contributed by atoms with Crippen LogP contribution in [0.2, 0.25) is 0 Å². The van der Waals surface area contributed by atoms with E-state index in [-0.39, 0.29) is 0 Å². The van der Waals surface area contributed by atoms with Crippen molar-refractivity contribution in [1.82, 2.24) is 14.5 Å². The van der Waals surface area contributed by atoms with Crippen LogP contribution in [0.3, 0.4) is 0 Å². The SMILES string of the molecule is c1ccc2c(-c3nc(-c4ccc(-c5ccc(-c6ccc(-n7c8ccccc8c8ccccc87)cc6)cc5)cc4)nc4ccccc34)cccc2c1. The lowest BCUT2D eigenvalue weighted by molar-refractivity contribution is 1.18. The topological polar surface area (TPSA) is 30.7 Å². The summed E-state index contributed by atoms with van der Waals surface area (Å²) in [6.07, 6.45) is 0. The molecule has 0 saturated carbocycles. The first kappa shape index (κ1) is 29.1. The van der Waals surface area contributed by atoms with E-state index in [0.717, 1.165) is 44.8 Å². The molecule has 10 aromatic rings. The lowest BCUT2D eigenvalue weighted by Gasteiger charge is -2.12. The van der Waals surface area contributed by atoms with Crippen molar-refractivity contribution in [2.45, 2.75) is 0 Å². The number of para-hydroxylation sites is 3. The van der Waals surface area contributed by atoms with E-state index in [0.29, 0.717) is 0 Å². The molecule has 0 amide bonds. The molecule has 51 heavy (non-hydrogen) atoms. The number of hydrogen-bond acceptors (Lipinski definition) is 2. The third-order valence-corrected chi connectivity index (χ3v) is 10.0. The Morgan fingerprint density at radius 1 is 0.333 bits per heavy atom. The van der Waals surface area contributed by atoms with Crippen molar-refractivity contribution in [2.75, 3.05) is 0 Å². The molecule has 0 aliphatic rings. The van der Waals surface area contributed by atoms with Gasteiger partial charge < -0.3 is 4.57 Å². The highest BCUT2D eigenvalue weighted by Crippen LogP contribution is 2.35. The van der Waals surface area contributed by atoms with Gasteiger partial charge in [-0.25, -0.2) is 9.97 Å². The van der Waals surface area contributed by atoms with Crippen LogP contribution in [0.5, 0.6) is 0 Å². The Morgan fingerprint density at radius 3 is 1.43 bits per heavy atom. The Labute approximate surface area is 295 Å². The number of aromatic nitrogens is 3. The van der Waals surface area contributed by atoms with E-state index in [2.05, 4.69) is 187 Å². The van der Waals surface area contributed by atoms with Crippen LogP contribution in [0, 0.1) is 0 Å². The van der Waals surface area contributed by atoms with Crippen molar-refractivity contribution in [2.24, 2.45) is 0 Å². The van der Waals surface area contributed by atoms with E-state index in [4.69, 9.17) is 9.97 Å². The normalized spacial score (nSPS) is 11.5. The quantitative estimate of drug-likeness (QED) is 0.186. The van der Waals surface area contributed by atoms with Crippen LogP contribution < -0.4 is 0 Å². The molecule has 0 aliphatic heterocycles. The Kier molecular flexibility index (Phi) is 6.81. The third-order valence-electron chi connectivity index (χ3n) is 10.0. The molecule has 10 rings (SSSR count). The molecule has 2 heterocycles. The van der Waals surface area contributed by atoms with Gasteiger partial charge in [-0.05, 0) is 63.4 Å². The van der Waals surface area contributed by atoms with Crippen molar-refractivity contribution >= 4 is 43.5 Å². The van der Waals surface area contributed by atoms with Gasteiger partial charge in [0, 0.05) is 33.0 Å². The fourth-order valence-electron chi connectivity index (χ4n) is 7.51. The lowest BCUT2D eigenvalue weighted by atomic mass is 9.98. The summed E-state index contributed by atoms with van der Waals surface area (Å²) in [6, 6.07) is 66.8. The molecule has 238 valence electrons. The van der Waals surface area contributed by atoms with Crippen LogP contribution >= 0.6 is 0 Å². The van der Waals surface area contributed by atoms with Gasteiger partial charge in [-0.1, -0.05) is 158 Å². The van der Waals surface area contributed by atoms with Gasteiger partial charge in [0.05, 0.1) is 22.2 Å². The summed E-state index contributed by atoms with van der Waals surface area (Å²) in [6.45, 7) is 0. The van der Waals surface area contributed by atoms with Crippen LogP contribution in [0.25, 0.3) is 94.1 Å². The van der Waals surface area contributed by atoms with Gasteiger partial charge in [0.25, 0.3) is 0 Å². The summed E-state index contributed by atoms with van der Waals surface area (Å²) < 4.78 is 2.36. The minimum Gasteiger partial charge on any atom is -0.309 e. The summed E-state index contributed by atoms with van der Waals surface area (Å²) >= 11 is 0. The maximum absolute atomic E-state index is 5.18. The van der Waals surface area contributed by atoms with E-state index in [1.54, 1.807) is 0 Å². The van der Waals surface area contributed by atoms with E-state index in [9.17, 15) is 0 Å². The molecule has 0 spiro atoms. The summed E-state index contributed by atoms with van der Waals surface area (Å²) in [5, 5.41) is 5.99. The van der Waals surface area contributed by atoms with Crippen LogP contribution in [-0.2, 0) is 0 Å². The number of benzene rings is 8. The molecule has 0 fully saturated rings. The molecule has 8 aromatic carbocycles. The van der Waals surface area contributed by atoms with Crippen molar-refractivity contribution in [3.63, 3.8) is 0 Å². The number of nitrogens with zero attached hydrogens (tertiary/aromatic N) is 3. The molecule has 0 radical (unpaired) electrons. The molecule has 0 unspecified atom stereocenters. The second-order valence-electron chi connectivity index (χ2n) is 13.0. The predicted octanol–water partition coefficient (Wildman–Crippen LogP) is 12.5. The van der Waals surface area contributed by atoms with Crippen LogP contribution in [-0.4, -0.2) is 14.5 Å². The number of rotatable bonds is 5. The Balaban J connectivity index is 0.945. The molecule has 0 bridgehead atoms. The fraction of sp³-hybridized carbons (Fsp3) is 0. The Morgan fingerprint density at radius 2 is 0.804 bits per heavy atom. The minimum absolute atomic E-state index is 0.725. The van der Waals surface area contributed by atoms with Gasteiger partial charge >= 0.3 is 0 Å². The summed E-state index contributed by atoms with van der Waals surface area (Å²) in [5.41, 5.74) is 12.3. The highest BCUT2D eigenvalue weighted by atomic mass is 15.0. The van der Waals surface area contributed by atoms with Crippen molar-refractivity contribution in [1.29, 1.82) is 0 Å². The first-order valence-corrected chi connectivity index (χ1v) is 17.3. The second kappa shape index (κ2) is 11.9. The molecule has 0 aliphatic carbocycles. The van der Waals surface area contributed by atoms with E-state index < -0.39 is 0 Å². The summed E-state index contributed by atoms with van der Waals surface area (Å²) in [4.78, 5) is 10.2. The standard InChI is InChI=1S/C48H31N3/c1-2-12-39-36(10-1)11-9-16-42(39)47-43-15-3-6-17-44(43)49-48(50-47)37-26-24-34(25-27-37)32-20-22-33(23-21-32)35-28-30-38(31-29-35)51-45-18-7-4-13-40(45)41-14-5-8-19-46(41)51/h1-31H. The molecule has 0 atom stereocenters. The predicted molar refractivity (Wildman–Crippen MR) is 213 cm³/mol. The number of fused-ring (bicyclic) bond motifs is 5. The molecule has 2 aromatic heterocycles. The number of hydrogen-bond donors (Lipinski definition) is 0. The van der Waals surface area contributed by atoms with Crippen LogP contribution in [0.4, 0.5) is 0 Å². The zero-order valence-electron chi connectivity index (χ0n) is 27.7. The summed E-state index contributed by atoms with van der Waals surface area (Å²) in [7, 11) is 0. The molecule has 3 heteroatoms. The van der Waals surface area contributed by atoms with Crippen LogP contribution in [0.15, 0.2) is 188 Å². The van der Waals surface area contributed by atoms with Crippen LogP contribution in [0.1, 0.15) is 0 Å². The van der Waals surface area contributed by atoms with E-state index >= 15 is 0 Å². The zero-order valence-corrected chi connectivity index (χ0v) is 27.7. The highest BCUT2D eigenvalue weighted by Gasteiger charge is 2.15. The largest absolute Gasteiger partial charge is 0.309 e. The Hall–Kier alpha value is -6.84. The monoisotopic (exact) mass is 649 g/mol. The van der Waals surface area contributed by atoms with Gasteiger partial charge in [0.1, 0.15) is 0 Å². The van der Waals surface area contributed by atoms with Gasteiger partial charge in [-0.2, -0.15) is 0 Å². The smallest absolute Gasteiger partial charge is 0.160 e. The zero-order chi connectivity index (χ0) is 33.7. The average molecular weight is 650 g/mol. The first-order chi connectivity index (χ1) is 25.3. The van der Waals surface area contributed by atoms with Gasteiger partial charge in [-0.15, -0.1) is 0 Å². The molecule has 3 nitrogen and oxygen atoms in total. The maximum atomic E-state index is 5.18. The van der Waals surface area contributed by atoms with E-state index in [1.165, 1.54) is 49.3 Å². The van der Waals surface area contributed by atoms with Crippen molar-refractivity contribution in [3.8, 4) is 50.6 Å². The maximum Gasteiger partial charge on any atom is 0.160 e. The molecule has 0 saturated heterocycles. The fourth-order valence-corrected chi connectivity index (χ4v) is 7.51. The Bertz CT molecular complexity index is 2820. The second-order valence-corrected chi connectivity index (χ2v) is 13.0. The molecule has 0 N–H and O–H groups in total. The van der Waals surface area contributed by atoms with Gasteiger partial charge in [-0.3, -0.25) is 0 Å².